The smallest absolute Gasteiger partial charge is 0.325 e. The Kier molecular flexibility index (Phi) is 9.36. The number of esters is 1. The van der Waals surface area contributed by atoms with Gasteiger partial charge in [-0.2, -0.15) is 0 Å². The van der Waals surface area contributed by atoms with Crippen LogP contribution in [0, 0.1) is 19.8 Å². The molecule has 0 saturated carbocycles. The van der Waals surface area contributed by atoms with Crippen molar-refractivity contribution in [3.8, 4) is 0 Å². The van der Waals surface area contributed by atoms with E-state index < -0.39 is 5.97 Å². The summed E-state index contributed by atoms with van der Waals surface area (Å²) in [5, 5.41) is 0.0176. The second-order valence-electron chi connectivity index (χ2n) is 6.02. The topological polar surface area (TPSA) is 63.7 Å². The molecule has 0 aliphatic carbocycles. The first-order valence-electron chi connectivity index (χ1n) is 8.56. The highest BCUT2D eigenvalue weighted by Gasteiger charge is 2.25. The van der Waals surface area contributed by atoms with Crippen molar-refractivity contribution >= 4 is 50.4 Å². The first kappa shape index (κ1) is 22.7. The van der Waals surface area contributed by atoms with E-state index in [0.717, 1.165) is 40.2 Å². The van der Waals surface area contributed by atoms with Crippen LogP contribution in [0.25, 0.3) is 0 Å². The second-order valence-corrected chi connectivity index (χ2v) is 7.85. The zero-order chi connectivity index (χ0) is 19.9. The Labute approximate surface area is 168 Å². The maximum Gasteiger partial charge on any atom is 0.325 e. The van der Waals surface area contributed by atoms with Gasteiger partial charge in [-0.05, 0) is 43.9 Å². The fourth-order valence-electron chi connectivity index (χ4n) is 2.66. The fourth-order valence-corrected chi connectivity index (χ4v) is 3.97. The molecule has 5 nitrogen and oxygen atoms in total. The molecule has 26 heavy (non-hydrogen) atoms. The Morgan fingerprint density at radius 2 is 1.81 bits per heavy atom. The maximum atomic E-state index is 12.8. The number of halogens is 1. The van der Waals surface area contributed by atoms with E-state index in [4.69, 9.17) is 4.74 Å². The third kappa shape index (κ3) is 5.84. The number of anilines is 1. The number of nitrogens with zero attached hydrogens (tertiary/aromatic N) is 1. The van der Waals surface area contributed by atoms with Crippen molar-refractivity contribution in [1.29, 1.82) is 0 Å². The number of hydrogen-bond donors (Lipinski definition) is 0. The molecular weight excluding hydrogens is 418 g/mol. The van der Waals surface area contributed by atoms with Gasteiger partial charge in [-0.1, -0.05) is 47.6 Å². The average Bonchev–Trinajstić information content (AvgIpc) is 2.62. The van der Waals surface area contributed by atoms with Crippen molar-refractivity contribution in [2.24, 2.45) is 5.92 Å². The molecule has 7 heteroatoms. The van der Waals surface area contributed by atoms with Crippen LogP contribution in [-0.2, 0) is 19.1 Å². The van der Waals surface area contributed by atoms with E-state index >= 15 is 0 Å². The standard InChI is InChI=1S/C19H26BrNO4S/c1-6-14(7-2)19(24)26-11-16(22)21(10-17(23)25-5)18-12(3)8-9-15(20)13(18)4/h8-9,14H,6-7,10-11H2,1-5H3. The van der Waals surface area contributed by atoms with Gasteiger partial charge in [-0.15, -0.1) is 0 Å². The van der Waals surface area contributed by atoms with Crippen molar-refractivity contribution in [1.82, 2.24) is 0 Å². The third-order valence-corrected chi connectivity index (χ3v) is 6.18. The Hall–Kier alpha value is -1.34. The van der Waals surface area contributed by atoms with Gasteiger partial charge >= 0.3 is 5.97 Å². The van der Waals surface area contributed by atoms with Gasteiger partial charge in [0.15, 0.2) is 5.12 Å². The molecule has 0 aliphatic heterocycles. The molecule has 0 unspecified atom stereocenters. The molecule has 0 aromatic heterocycles. The normalized spacial score (nSPS) is 10.7. The zero-order valence-electron chi connectivity index (χ0n) is 15.9. The van der Waals surface area contributed by atoms with Crippen LogP contribution >= 0.6 is 27.7 Å². The van der Waals surface area contributed by atoms with Gasteiger partial charge in [0.05, 0.1) is 18.6 Å². The molecule has 0 N–H and O–H groups in total. The number of benzene rings is 1. The summed E-state index contributed by atoms with van der Waals surface area (Å²) in [6.45, 7) is 7.51. The second kappa shape index (κ2) is 10.7. The summed E-state index contributed by atoms with van der Waals surface area (Å²) in [6.07, 6.45) is 1.51. The van der Waals surface area contributed by atoms with Crippen molar-refractivity contribution in [2.75, 3.05) is 24.3 Å². The minimum Gasteiger partial charge on any atom is -0.468 e. The van der Waals surface area contributed by atoms with Crippen LogP contribution in [0.15, 0.2) is 16.6 Å². The first-order chi connectivity index (χ1) is 12.3. The van der Waals surface area contributed by atoms with E-state index in [2.05, 4.69) is 15.9 Å². The van der Waals surface area contributed by atoms with E-state index in [-0.39, 0.29) is 29.2 Å². The lowest BCUT2D eigenvalue weighted by Gasteiger charge is -2.26. The number of aryl methyl sites for hydroxylation is 1. The molecule has 144 valence electrons. The molecule has 1 aromatic carbocycles. The van der Waals surface area contributed by atoms with Gasteiger partial charge < -0.3 is 4.74 Å². The molecular formula is C19H26BrNO4S. The van der Waals surface area contributed by atoms with Gasteiger partial charge in [0, 0.05) is 10.4 Å². The van der Waals surface area contributed by atoms with E-state index in [0.29, 0.717) is 5.69 Å². The number of carbonyl (C=O) groups is 3. The number of methoxy groups -OCH3 is 1. The van der Waals surface area contributed by atoms with E-state index in [1.165, 1.54) is 12.0 Å². The van der Waals surface area contributed by atoms with Gasteiger partial charge in [-0.3, -0.25) is 19.3 Å². The Balaban J connectivity index is 3.08. The fraction of sp³-hybridized carbons (Fsp3) is 0.526. The summed E-state index contributed by atoms with van der Waals surface area (Å²) >= 11 is 4.49. The minimum atomic E-state index is -0.506. The molecule has 0 heterocycles. The molecule has 1 aromatic rings. The Morgan fingerprint density at radius 3 is 2.35 bits per heavy atom. The van der Waals surface area contributed by atoms with E-state index in [1.54, 1.807) is 0 Å². The molecule has 0 saturated heterocycles. The Morgan fingerprint density at radius 1 is 1.19 bits per heavy atom. The van der Waals surface area contributed by atoms with Gasteiger partial charge in [-0.25, -0.2) is 0 Å². The van der Waals surface area contributed by atoms with Crippen molar-refractivity contribution in [3.05, 3.63) is 27.7 Å². The molecule has 1 rings (SSSR count). The van der Waals surface area contributed by atoms with Crippen LogP contribution in [0.3, 0.4) is 0 Å². The lowest BCUT2D eigenvalue weighted by atomic mass is 10.1. The van der Waals surface area contributed by atoms with Crippen molar-refractivity contribution in [2.45, 2.75) is 40.5 Å². The number of hydrogen-bond acceptors (Lipinski definition) is 5. The summed E-state index contributed by atoms with van der Waals surface area (Å²) in [7, 11) is 1.29. The van der Waals surface area contributed by atoms with E-state index in [9.17, 15) is 14.4 Å². The summed E-state index contributed by atoms with van der Waals surface area (Å²) in [6, 6.07) is 3.78. The number of carbonyl (C=O) groups excluding carboxylic acids is 3. The predicted octanol–water partition coefficient (Wildman–Crippen LogP) is 4.27. The third-order valence-electron chi connectivity index (χ3n) is 4.31. The molecule has 1 amide bonds. The number of amides is 1. The first-order valence-corrected chi connectivity index (χ1v) is 10.3. The lowest BCUT2D eigenvalue weighted by Crippen LogP contribution is -2.38. The summed E-state index contributed by atoms with van der Waals surface area (Å²) in [4.78, 5) is 38.3. The highest BCUT2D eigenvalue weighted by Crippen LogP contribution is 2.31. The summed E-state index contributed by atoms with van der Waals surface area (Å²) < 4.78 is 5.59. The number of rotatable bonds is 8. The molecule has 0 atom stereocenters. The number of thioether (sulfide) groups is 1. The molecule has 0 bridgehead atoms. The quantitative estimate of drug-likeness (QED) is 0.561. The van der Waals surface area contributed by atoms with Crippen LogP contribution in [0.5, 0.6) is 0 Å². The van der Waals surface area contributed by atoms with Crippen LogP contribution in [0.4, 0.5) is 5.69 Å². The van der Waals surface area contributed by atoms with Crippen LogP contribution in [0.2, 0.25) is 0 Å². The Bertz CT molecular complexity index is 674. The van der Waals surface area contributed by atoms with Crippen LogP contribution in [0.1, 0.15) is 37.8 Å². The average molecular weight is 444 g/mol. The molecule has 0 spiro atoms. The minimum absolute atomic E-state index is 0.00226. The number of ether oxygens (including phenoxy) is 1. The van der Waals surface area contributed by atoms with Gasteiger partial charge in [0.1, 0.15) is 6.54 Å². The zero-order valence-corrected chi connectivity index (χ0v) is 18.3. The van der Waals surface area contributed by atoms with Gasteiger partial charge in [0.25, 0.3) is 0 Å². The predicted molar refractivity (Wildman–Crippen MR) is 110 cm³/mol. The van der Waals surface area contributed by atoms with Crippen LogP contribution in [-0.4, -0.2) is 36.4 Å². The van der Waals surface area contributed by atoms with E-state index in [1.807, 2.05) is 39.8 Å². The van der Waals surface area contributed by atoms with Crippen molar-refractivity contribution in [3.63, 3.8) is 0 Å². The highest BCUT2D eigenvalue weighted by atomic mass is 79.9. The summed E-state index contributed by atoms with van der Waals surface area (Å²) in [5.74, 6) is -0.841. The SMILES string of the molecule is CCC(CC)C(=O)SCC(=O)N(CC(=O)OC)c1c(C)ccc(Br)c1C. The van der Waals surface area contributed by atoms with Gasteiger partial charge in [0.2, 0.25) is 5.91 Å². The largest absolute Gasteiger partial charge is 0.468 e. The highest BCUT2D eigenvalue weighted by molar-refractivity contribution is 9.10. The summed E-state index contributed by atoms with van der Waals surface area (Å²) in [5.41, 5.74) is 2.41. The van der Waals surface area contributed by atoms with Crippen molar-refractivity contribution < 1.29 is 19.1 Å². The molecule has 0 radical (unpaired) electrons. The van der Waals surface area contributed by atoms with Crippen LogP contribution < -0.4 is 4.90 Å². The lowest BCUT2D eigenvalue weighted by molar-refractivity contribution is -0.139. The molecule has 0 fully saturated rings. The monoisotopic (exact) mass is 443 g/mol. The molecule has 0 aliphatic rings. The maximum absolute atomic E-state index is 12.8.